The van der Waals surface area contributed by atoms with Crippen molar-refractivity contribution in [3.05, 3.63) is 90.5 Å². The average Bonchev–Trinajstić information content (AvgIpc) is 3.13. The fraction of sp³-hybridized carbons (Fsp3) is 0.0455. The zero-order valence-corrected chi connectivity index (χ0v) is 18.7. The highest BCUT2D eigenvalue weighted by atomic mass is 32.3. The van der Waals surface area contributed by atoms with Crippen LogP contribution in [0.5, 0.6) is 0 Å². The second kappa shape index (κ2) is 7.92. The average molecular weight is 472 g/mol. The molecule has 1 aromatic heterocycles. The number of hydrogen-bond acceptors (Lipinski definition) is 6. The van der Waals surface area contributed by atoms with E-state index in [2.05, 4.69) is 0 Å². The van der Waals surface area contributed by atoms with E-state index < -0.39 is 25.8 Å². The van der Waals surface area contributed by atoms with Crippen molar-refractivity contribution in [3.8, 4) is 0 Å². The van der Waals surface area contributed by atoms with Crippen LogP contribution in [0.3, 0.4) is 0 Å². The van der Waals surface area contributed by atoms with E-state index in [9.17, 15) is 21.6 Å². The van der Waals surface area contributed by atoms with Gasteiger partial charge < -0.3 is 0 Å². The van der Waals surface area contributed by atoms with E-state index in [4.69, 9.17) is 0 Å². The molecule has 9 heteroatoms. The number of fused-ring (bicyclic) bond motifs is 1. The number of hydrogen-bond donors (Lipinski definition) is 0. The standard InChI is InChI=1S/C22H17NO5S3/c1-16(24)21-19-14-8-9-15-20(19)29-22(21)23(30(25,26)17-10-4-2-5-11-17)31(27,28)18-12-6-3-7-13-18/h2-15H,1H3. The monoisotopic (exact) mass is 471 g/mol. The van der Waals surface area contributed by atoms with Crippen molar-refractivity contribution in [2.24, 2.45) is 0 Å². The molecule has 4 aromatic rings. The number of thiophene rings is 1. The first-order chi connectivity index (χ1) is 14.7. The van der Waals surface area contributed by atoms with Crippen molar-refractivity contribution in [2.45, 2.75) is 16.7 Å². The highest BCUT2D eigenvalue weighted by molar-refractivity contribution is 8.10. The van der Waals surface area contributed by atoms with Gasteiger partial charge in [-0.25, -0.2) is 0 Å². The van der Waals surface area contributed by atoms with Crippen LogP contribution in [0.2, 0.25) is 0 Å². The molecule has 6 nitrogen and oxygen atoms in total. The second-order valence-electron chi connectivity index (χ2n) is 6.67. The third-order valence-corrected chi connectivity index (χ3v) is 10.2. The number of rotatable bonds is 6. The molecule has 1 heterocycles. The van der Waals surface area contributed by atoms with E-state index in [0.717, 1.165) is 11.3 Å². The maximum atomic E-state index is 13.6. The molecule has 0 saturated heterocycles. The van der Waals surface area contributed by atoms with Crippen molar-refractivity contribution < 1.29 is 21.6 Å². The van der Waals surface area contributed by atoms with E-state index in [1.807, 2.05) is 0 Å². The van der Waals surface area contributed by atoms with Gasteiger partial charge in [0.25, 0.3) is 20.0 Å². The molecule has 0 amide bonds. The van der Waals surface area contributed by atoms with Gasteiger partial charge in [-0.1, -0.05) is 54.6 Å². The van der Waals surface area contributed by atoms with E-state index >= 15 is 0 Å². The molecule has 0 N–H and O–H groups in total. The molecule has 0 bridgehead atoms. The highest BCUT2D eigenvalue weighted by Crippen LogP contribution is 2.43. The highest BCUT2D eigenvalue weighted by Gasteiger charge is 2.40. The molecule has 0 aliphatic heterocycles. The number of carbonyl (C=O) groups excluding carboxylic acids is 1. The molecule has 0 aliphatic rings. The lowest BCUT2D eigenvalue weighted by molar-refractivity contribution is 0.102. The number of ketones is 1. The van der Waals surface area contributed by atoms with E-state index in [0.29, 0.717) is 13.8 Å². The Balaban J connectivity index is 2.10. The zero-order chi connectivity index (χ0) is 22.2. The minimum atomic E-state index is -4.56. The van der Waals surface area contributed by atoms with Gasteiger partial charge in [0.1, 0.15) is 5.00 Å². The molecular weight excluding hydrogens is 454 g/mol. The van der Waals surface area contributed by atoms with Crippen molar-refractivity contribution in [2.75, 3.05) is 3.71 Å². The molecule has 0 unspecified atom stereocenters. The van der Waals surface area contributed by atoms with Gasteiger partial charge in [-0.3, -0.25) is 4.79 Å². The summed E-state index contributed by atoms with van der Waals surface area (Å²) in [5.74, 6) is -0.427. The third-order valence-electron chi connectivity index (χ3n) is 4.61. The van der Waals surface area contributed by atoms with Gasteiger partial charge in [0.15, 0.2) is 5.78 Å². The third kappa shape index (κ3) is 3.65. The number of sulfonamides is 2. The normalized spacial score (nSPS) is 12.0. The molecule has 0 atom stereocenters. The van der Waals surface area contributed by atoms with Crippen LogP contribution >= 0.6 is 11.3 Å². The number of nitrogens with zero attached hydrogens (tertiary/aromatic N) is 1. The van der Waals surface area contributed by atoms with Gasteiger partial charge in [0, 0.05) is 10.1 Å². The first-order valence-electron chi connectivity index (χ1n) is 9.17. The number of carbonyl (C=O) groups is 1. The van der Waals surface area contributed by atoms with Crippen LogP contribution < -0.4 is 3.71 Å². The molecule has 3 aromatic carbocycles. The van der Waals surface area contributed by atoms with Crippen LogP contribution in [0.1, 0.15) is 17.3 Å². The summed E-state index contributed by atoms with van der Waals surface area (Å²) in [6.07, 6.45) is 0. The van der Waals surface area contributed by atoms with Gasteiger partial charge in [-0.15, -0.1) is 15.0 Å². The Hall–Kier alpha value is -3.01. The van der Waals surface area contributed by atoms with E-state index in [1.165, 1.54) is 55.5 Å². The quantitative estimate of drug-likeness (QED) is 0.381. The Kier molecular flexibility index (Phi) is 5.42. The molecular formula is C22H17NO5S3. The zero-order valence-electron chi connectivity index (χ0n) is 16.3. The lowest BCUT2D eigenvalue weighted by atomic mass is 10.1. The minimum absolute atomic E-state index is 0.0552. The summed E-state index contributed by atoms with van der Waals surface area (Å²) in [5, 5.41) is 0.355. The SMILES string of the molecule is CC(=O)c1c(N(S(=O)(=O)c2ccccc2)S(=O)(=O)c2ccccc2)sc2ccccc12. The molecule has 0 spiro atoms. The summed E-state index contributed by atoms with van der Waals surface area (Å²) in [4.78, 5) is 12.2. The first-order valence-corrected chi connectivity index (χ1v) is 12.9. The van der Waals surface area contributed by atoms with Crippen LogP contribution in [-0.2, 0) is 20.0 Å². The van der Waals surface area contributed by atoms with Crippen molar-refractivity contribution in [1.29, 1.82) is 0 Å². The van der Waals surface area contributed by atoms with Crippen molar-refractivity contribution >= 4 is 52.3 Å². The Morgan fingerprint density at radius 1 is 0.710 bits per heavy atom. The van der Waals surface area contributed by atoms with Gasteiger partial charge >= 0.3 is 0 Å². The smallest absolute Gasteiger partial charge is 0.278 e. The summed E-state index contributed by atoms with van der Waals surface area (Å²) >= 11 is 0.950. The van der Waals surface area contributed by atoms with E-state index in [1.54, 1.807) is 36.4 Å². The predicted molar refractivity (Wildman–Crippen MR) is 122 cm³/mol. The van der Waals surface area contributed by atoms with Gasteiger partial charge in [-0.05, 0) is 37.3 Å². The summed E-state index contributed by atoms with van der Waals surface area (Å²) in [6.45, 7) is 1.29. The fourth-order valence-corrected chi connectivity index (χ4v) is 8.66. The second-order valence-corrected chi connectivity index (χ2v) is 11.5. The minimum Gasteiger partial charge on any atom is -0.294 e. The molecule has 4 rings (SSSR count). The Morgan fingerprint density at radius 3 is 1.65 bits per heavy atom. The first kappa shape index (κ1) is 21.2. The molecule has 158 valence electrons. The topological polar surface area (TPSA) is 88.6 Å². The lowest BCUT2D eigenvalue weighted by Crippen LogP contribution is -2.37. The fourth-order valence-electron chi connectivity index (χ4n) is 3.23. The molecule has 31 heavy (non-hydrogen) atoms. The van der Waals surface area contributed by atoms with Crippen LogP contribution in [0.25, 0.3) is 10.1 Å². The Labute approximate surface area is 184 Å². The van der Waals surface area contributed by atoms with Crippen molar-refractivity contribution in [1.82, 2.24) is 0 Å². The lowest BCUT2D eigenvalue weighted by Gasteiger charge is -2.23. The molecule has 0 saturated carbocycles. The maximum absolute atomic E-state index is 13.6. The number of anilines is 1. The van der Waals surface area contributed by atoms with Crippen LogP contribution in [-0.4, -0.2) is 22.6 Å². The van der Waals surface area contributed by atoms with Crippen LogP contribution in [0.4, 0.5) is 5.00 Å². The van der Waals surface area contributed by atoms with Crippen LogP contribution in [0, 0.1) is 0 Å². The summed E-state index contributed by atoms with van der Waals surface area (Å²) in [7, 11) is -9.12. The summed E-state index contributed by atoms with van der Waals surface area (Å²) in [6, 6.07) is 21.5. The number of benzene rings is 3. The molecule has 0 fully saturated rings. The number of Topliss-reactive ketones (excluding diaryl/α,β-unsaturated/α-hetero) is 1. The summed E-state index contributed by atoms with van der Waals surface area (Å²) < 4.78 is 55.6. The van der Waals surface area contributed by atoms with Gasteiger partial charge in [0.2, 0.25) is 0 Å². The maximum Gasteiger partial charge on any atom is 0.278 e. The van der Waals surface area contributed by atoms with Gasteiger partial charge in [-0.2, -0.15) is 16.8 Å². The Bertz CT molecular complexity index is 1410. The van der Waals surface area contributed by atoms with Crippen molar-refractivity contribution in [3.63, 3.8) is 0 Å². The Morgan fingerprint density at radius 2 is 1.16 bits per heavy atom. The van der Waals surface area contributed by atoms with Crippen LogP contribution in [0.15, 0.2) is 94.7 Å². The molecule has 0 radical (unpaired) electrons. The summed E-state index contributed by atoms with van der Waals surface area (Å²) in [5.41, 5.74) is 0.0552. The predicted octanol–water partition coefficient (Wildman–Crippen LogP) is 4.69. The van der Waals surface area contributed by atoms with E-state index in [-0.39, 0.29) is 20.4 Å². The largest absolute Gasteiger partial charge is 0.294 e. The molecule has 0 aliphatic carbocycles. The van der Waals surface area contributed by atoms with Gasteiger partial charge in [0.05, 0.1) is 15.4 Å².